The summed E-state index contributed by atoms with van der Waals surface area (Å²) in [5.41, 5.74) is 4.40. The summed E-state index contributed by atoms with van der Waals surface area (Å²) in [6, 6.07) is 0.318. The molecule has 7 nitrogen and oxygen atoms in total. The molecule has 1 unspecified atom stereocenters. The molecule has 10 heteroatoms. The lowest BCUT2D eigenvalue weighted by Crippen LogP contribution is -2.49. The molecule has 26 heavy (non-hydrogen) atoms. The highest BCUT2D eigenvalue weighted by molar-refractivity contribution is 5.95. The Labute approximate surface area is 150 Å². The number of likely N-dealkylation sites (tertiary alicyclic amines) is 1. The van der Waals surface area contributed by atoms with Gasteiger partial charge in [-0.25, -0.2) is 4.99 Å². The summed E-state index contributed by atoms with van der Waals surface area (Å²) in [7, 11) is 2.09. The topological polar surface area (TPSA) is 83.5 Å². The van der Waals surface area contributed by atoms with Crippen LogP contribution in [-0.2, 0) is 0 Å². The number of hydrogen-bond donors (Lipinski definition) is 3. The van der Waals surface area contributed by atoms with Crippen LogP contribution in [0.5, 0.6) is 0 Å². The lowest BCUT2D eigenvalue weighted by atomic mass is 10.0. The number of nitrogens with one attached hydrogen (secondary N) is 2. The van der Waals surface area contributed by atoms with Crippen LogP contribution in [0.3, 0.4) is 0 Å². The van der Waals surface area contributed by atoms with E-state index in [4.69, 9.17) is 5.73 Å². The van der Waals surface area contributed by atoms with Crippen LogP contribution < -0.4 is 16.4 Å². The van der Waals surface area contributed by atoms with Gasteiger partial charge in [0.05, 0.1) is 23.0 Å². The van der Waals surface area contributed by atoms with Crippen LogP contribution in [0.15, 0.2) is 23.0 Å². The number of aromatic nitrogens is 2. The summed E-state index contributed by atoms with van der Waals surface area (Å²) >= 11 is 0. The maximum Gasteiger partial charge on any atom is 0.417 e. The van der Waals surface area contributed by atoms with Gasteiger partial charge in [-0.05, 0) is 46.8 Å². The summed E-state index contributed by atoms with van der Waals surface area (Å²) in [5.74, 6) is 0.161. The zero-order valence-corrected chi connectivity index (χ0v) is 15.1. The Morgan fingerprint density at radius 1 is 1.35 bits per heavy atom. The van der Waals surface area contributed by atoms with Crippen molar-refractivity contribution in [2.24, 2.45) is 10.7 Å². The van der Waals surface area contributed by atoms with Crippen LogP contribution in [0.4, 0.5) is 18.9 Å². The summed E-state index contributed by atoms with van der Waals surface area (Å²) in [5, 5.41) is 10.1. The molecular formula is C16H24F3N7. The molecule has 1 aromatic rings. The smallest absolute Gasteiger partial charge is 0.332 e. The number of hydrogen-bond acceptors (Lipinski definition) is 6. The number of anilines is 1. The second kappa shape index (κ2) is 6.58. The van der Waals surface area contributed by atoms with Crippen molar-refractivity contribution in [1.29, 1.82) is 0 Å². The first-order valence-corrected chi connectivity index (χ1v) is 8.51. The molecule has 1 atom stereocenters. The zero-order chi connectivity index (χ0) is 19.1. The van der Waals surface area contributed by atoms with Gasteiger partial charge in [-0.3, -0.25) is 4.68 Å². The van der Waals surface area contributed by atoms with Crippen molar-refractivity contribution in [2.75, 3.05) is 25.5 Å². The fourth-order valence-electron chi connectivity index (χ4n) is 3.22. The second-order valence-corrected chi connectivity index (χ2v) is 7.08. The highest BCUT2D eigenvalue weighted by Gasteiger charge is 2.45. The molecule has 3 rings (SSSR count). The minimum Gasteiger partial charge on any atom is -0.332 e. The largest absolute Gasteiger partial charge is 0.417 e. The molecule has 0 bridgehead atoms. The molecule has 0 radical (unpaired) electrons. The van der Waals surface area contributed by atoms with E-state index in [-0.39, 0.29) is 5.96 Å². The Balaban J connectivity index is 1.73. The summed E-state index contributed by atoms with van der Waals surface area (Å²) in [4.78, 5) is 6.25. The first-order chi connectivity index (χ1) is 12.1. The highest BCUT2D eigenvalue weighted by Crippen LogP contribution is 2.34. The maximum absolute atomic E-state index is 13.0. The normalized spacial score (nSPS) is 25.5. The van der Waals surface area contributed by atoms with Gasteiger partial charge in [0.15, 0.2) is 0 Å². The van der Waals surface area contributed by atoms with Crippen molar-refractivity contribution in [3.8, 4) is 0 Å². The number of nitrogens with two attached hydrogens (primary N) is 1. The number of halogens is 3. The predicted octanol–water partition coefficient (Wildman–Crippen LogP) is 1.95. The molecule has 0 aliphatic carbocycles. The Hall–Kier alpha value is -2.07. The monoisotopic (exact) mass is 371 g/mol. The van der Waals surface area contributed by atoms with E-state index in [1.807, 2.05) is 17.8 Å². The van der Waals surface area contributed by atoms with Crippen LogP contribution in [0.25, 0.3) is 0 Å². The number of aryl methyl sites for hydroxylation is 1. The van der Waals surface area contributed by atoms with E-state index in [1.165, 1.54) is 6.92 Å². The zero-order valence-electron chi connectivity index (χ0n) is 15.1. The lowest BCUT2D eigenvalue weighted by molar-refractivity contribution is -0.100. The van der Waals surface area contributed by atoms with Gasteiger partial charge < -0.3 is 21.3 Å². The lowest BCUT2D eigenvalue weighted by Gasteiger charge is -2.30. The average molecular weight is 371 g/mol. The molecule has 1 aromatic heterocycles. The minimum absolute atomic E-state index is 0.161. The van der Waals surface area contributed by atoms with Crippen molar-refractivity contribution >= 4 is 11.6 Å². The van der Waals surface area contributed by atoms with Crippen molar-refractivity contribution in [3.05, 3.63) is 23.7 Å². The third kappa shape index (κ3) is 3.85. The van der Waals surface area contributed by atoms with Crippen LogP contribution in [0, 0.1) is 6.92 Å². The van der Waals surface area contributed by atoms with E-state index in [0.29, 0.717) is 11.7 Å². The van der Waals surface area contributed by atoms with Gasteiger partial charge in [-0.15, -0.1) is 0 Å². The molecule has 3 heterocycles. The molecule has 0 saturated carbocycles. The fourth-order valence-corrected chi connectivity index (χ4v) is 3.22. The van der Waals surface area contributed by atoms with Gasteiger partial charge in [0.25, 0.3) is 0 Å². The third-order valence-corrected chi connectivity index (χ3v) is 4.78. The van der Waals surface area contributed by atoms with E-state index in [9.17, 15) is 13.2 Å². The molecule has 0 amide bonds. The van der Waals surface area contributed by atoms with Crippen molar-refractivity contribution < 1.29 is 13.2 Å². The number of nitrogens with zero attached hydrogens (tertiary/aromatic N) is 4. The van der Waals surface area contributed by atoms with Crippen molar-refractivity contribution in [1.82, 2.24) is 20.0 Å². The molecule has 2 aliphatic rings. The van der Waals surface area contributed by atoms with Gasteiger partial charge in [-0.2, -0.15) is 18.3 Å². The highest BCUT2D eigenvalue weighted by atomic mass is 19.4. The molecule has 1 saturated heterocycles. The Bertz CT molecular complexity index is 725. The Morgan fingerprint density at radius 2 is 2.00 bits per heavy atom. The van der Waals surface area contributed by atoms with E-state index < -0.39 is 17.4 Å². The molecule has 2 aliphatic heterocycles. The van der Waals surface area contributed by atoms with Crippen LogP contribution in [0.2, 0.25) is 0 Å². The van der Waals surface area contributed by atoms with Crippen molar-refractivity contribution in [3.63, 3.8) is 0 Å². The van der Waals surface area contributed by atoms with E-state index in [2.05, 4.69) is 32.7 Å². The Kier molecular flexibility index (Phi) is 4.74. The first kappa shape index (κ1) is 18.7. The summed E-state index contributed by atoms with van der Waals surface area (Å²) in [6.07, 6.45) is 0.197. The van der Waals surface area contributed by atoms with Crippen LogP contribution in [0.1, 0.15) is 31.5 Å². The number of alkyl halides is 3. The minimum atomic E-state index is -4.54. The molecule has 0 aromatic carbocycles. The number of piperidine rings is 1. The SMILES string of the molecule is Cc1nn(C2CCN(C)CC2)cc1NC1=NC(C)(N)C(C(F)(F)F)=CN1. The fraction of sp³-hybridized carbons (Fsp3) is 0.625. The molecular weight excluding hydrogens is 347 g/mol. The standard InChI is InChI=1S/C16H24F3N7/c1-10-12(9-26(24-10)11-4-6-25(3)7-5-11)22-14-21-8-13(16(17,18)19)15(2,20)23-14/h8-9,11H,4-7,20H2,1-3H3,(H2,21,22,23). The Morgan fingerprint density at radius 3 is 2.58 bits per heavy atom. The second-order valence-electron chi connectivity index (χ2n) is 7.08. The predicted molar refractivity (Wildman–Crippen MR) is 93.7 cm³/mol. The summed E-state index contributed by atoms with van der Waals surface area (Å²) < 4.78 is 40.9. The van der Waals surface area contributed by atoms with Gasteiger partial charge >= 0.3 is 6.18 Å². The van der Waals surface area contributed by atoms with E-state index >= 15 is 0 Å². The van der Waals surface area contributed by atoms with Crippen LogP contribution in [-0.4, -0.2) is 52.6 Å². The van der Waals surface area contributed by atoms with Gasteiger partial charge in [0, 0.05) is 12.4 Å². The number of guanidine groups is 1. The van der Waals surface area contributed by atoms with Gasteiger partial charge in [-0.1, -0.05) is 0 Å². The first-order valence-electron chi connectivity index (χ1n) is 8.51. The average Bonchev–Trinajstić information content (AvgIpc) is 2.86. The third-order valence-electron chi connectivity index (χ3n) is 4.78. The maximum atomic E-state index is 13.0. The quantitative estimate of drug-likeness (QED) is 0.740. The van der Waals surface area contributed by atoms with E-state index in [0.717, 1.165) is 37.8 Å². The number of aliphatic imine (C=N–C) groups is 1. The van der Waals surface area contributed by atoms with Gasteiger partial charge in [0.1, 0.15) is 5.66 Å². The molecule has 4 N–H and O–H groups in total. The van der Waals surface area contributed by atoms with E-state index in [1.54, 1.807) is 0 Å². The summed E-state index contributed by atoms with van der Waals surface area (Å²) in [6.45, 7) is 5.09. The molecule has 144 valence electrons. The van der Waals surface area contributed by atoms with Gasteiger partial charge in [0.2, 0.25) is 5.96 Å². The van der Waals surface area contributed by atoms with Crippen LogP contribution >= 0.6 is 0 Å². The molecule has 1 fully saturated rings. The number of rotatable bonds is 2. The van der Waals surface area contributed by atoms with Crippen molar-refractivity contribution in [2.45, 2.75) is 44.6 Å². The molecule has 0 spiro atoms.